The van der Waals surface area contributed by atoms with E-state index in [1.54, 1.807) is 17.5 Å². The van der Waals surface area contributed by atoms with Gasteiger partial charge in [-0.15, -0.1) is 5.10 Å². The summed E-state index contributed by atoms with van der Waals surface area (Å²) in [6, 6.07) is 9.59. The molecule has 6 rings (SSSR count). The van der Waals surface area contributed by atoms with E-state index in [1.807, 2.05) is 30.3 Å². The Morgan fingerprint density at radius 1 is 1.19 bits per heavy atom. The number of nitrogens with zero attached hydrogens (tertiary/aromatic N) is 6. The standard InChI is InChI=1S/C23H22N8O/c32-15-30(31-14-29-11-9-16-4-1-2-5-19(16)23(29)28-31)21-6-3-10-24-22(21)26-18-8-7-17-13-25-27-20(17)12-18/h1-3,6-8,10,12-13,15H,4-5,9,11,14H2,(H,24,26)(H,25,27). The summed E-state index contributed by atoms with van der Waals surface area (Å²) in [7, 11) is 0. The smallest absolute Gasteiger partial charge is 0.234 e. The van der Waals surface area contributed by atoms with Gasteiger partial charge in [-0.2, -0.15) is 10.2 Å². The molecule has 3 aromatic rings. The van der Waals surface area contributed by atoms with Crippen molar-refractivity contribution in [3.05, 3.63) is 66.0 Å². The third kappa shape index (κ3) is 3.09. The molecule has 0 spiro atoms. The quantitative estimate of drug-likeness (QED) is 0.479. The summed E-state index contributed by atoms with van der Waals surface area (Å²) < 4.78 is 0. The average molecular weight is 426 g/mol. The number of hydrazine groups is 1. The molecule has 2 aliphatic heterocycles. The van der Waals surface area contributed by atoms with Crippen LogP contribution in [0.25, 0.3) is 10.9 Å². The summed E-state index contributed by atoms with van der Waals surface area (Å²) in [5.41, 5.74) is 5.16. The predicted octanol–water partition coefficient (Wildman–Crippen LogP) is 3.52. The number of hydrazone groups is 1. The van der Waals surface area contributed by atoms with E-state index in [0.717, 1.165) is 54.6 Å². The molecule has 0 bridgehead atoms. The number of allylic oxidation sites excluding steroid dienone is 2. The minimum absolute atomic E-state index is 0.531. The summed E-state index contributed by atoms with van der Waals surface area (Å²) >= 11 is 0. The van der Waals surface area contributed by atoms with Crippen molar-refractivity contribution >= 4 is 40.3 Å². The Morgan fingerprint density at radius 2 is 2.12 bits per heavy atom. The zero-order chi connectivity index (χ0) is 21.5. The number of hydrogen-bond acceptors (Lipinski definition) is 7. The van der Waals surface area contributed by atoms with Crippen molar-refractivity contribution in [1.29, 1.82) is 0 Å². The number of rotatable bonds is 5. The Labute approximate surface area is 184 Å². The molecular weight excluding hydrogens is 404 g/mol. The van der Waals surface area contributed by atoms with E-state index in [4.69, 9.17) is 5.10 Å². The van der Waals surface area contributed by atoms with Crippen molar-refractivity contribution < 1.29 is 4.79 Å². The Bertz CT molecular complexity index is 1290. The van der Waals surface area contributed by atoms with Gasteiger partial charge in [0.15, 0.2) is 11.7 Å². The van der Waals surface area contributed by atoms with Crippen LogP contribution < -0.4 is 10.3 Å². The van der Waals surface area contributed by atoms with E-state index < -0.39 is 0 Å². The van der Waals surface area contributed by atoms with Crippen molar-refractivity contribution in [2.75, 3.05) is 23.5 Å². The SMILES string of the molecule is O=CN(c1cccnc1Nc1ccc2cn[nH]c2c1)N1CN2CCC3=C(CC=CC3)C2=N1. The van der Waals surface area contributed by atoms with Crippen LogP contribution in [-0.4, -0.2) is 50.7 Å². The van der Waals surface area contributed by atoms with Crippen LogP contribution in [0.15, 0.2) is 71.1 Å². The van der Waals surface area contributed by atoms with E-state index >= 15 is 0 Å². The Morgan fingerprint density at radius 3 is 3.06 bits per heavy atom. The third-order valence-corrected chi connectivity index (χ3v) is 6.13. The summed E-state index contributed by atoms with van der Waals surface area (Å²) in [6.45, 7) is 1.44. The lowest BCUT2D eigenvalue weighted by Crippen LogP contribution is -2.42. The van der Waals surface area contributed by atoms with Gasteiger partial charge in [0.25, 0.3) is 0 Å². The number of aromatic amines is 1. The predicted molar refractivity (Wildman–Crippen MR) is 123 cm³/mol. The van der Waals surface area contributed by atoms with Crippen LogP contribution in [0.4, 0.5) is 17.2 Å². The van der Waals surface area contributed by atoms with Gasteiger partial charge in [-0.3, -0.25) is 9.89 Å². The van der Waals surface area contributed by atoms with E-state index in [2.05, 4.69) is 37.6 Å². The number of fused-ring (bicyclic) bond motifs is 3. The minimum atomic E-state index is 0.531. The number of aromatic nitrogens is 3. The minimum Gasteiger partial charge on any atom is -0.338 e. The molecule has 32 heavy (non-hydrogen) atoms. The number of pyridine rings is 1. The maximum Gasteiger partial charge on any atom is 0.234 e. The molecule has 0 saturated carbocycles. The number of amidine groups is 1. The van der Waals surface area contributed by atoms with Gasteiger partial charge in [0, 0.05) is 23.8 Å². The summed E-state index contributed by atoms with van der Waals surface area (Å²) in [6.07, 6.45) is 11.6. The lowest BCUT2D eigenvalue weighted by Gasteiger charge is -2.31. The first-order chi connectivity index (χ1) is 15.8. The molecule has 0 fully saturated rings. The maximum absolute atomic E-state index is 12.2. The fourth-order valence-corrected chi connectivity index (χ4v) is 4.50. The van der Waals surface area contributed by atoms with Crippen LogP contribution >= 0.6 is 0 Å². The zero-order valence-electron chi connectivity index (χ0n) is 17.4. The van der Waals surface area contributed by atoms with E-state index in [-0.39, 0.29) is 0 Å². The molecule has 2 aromatic heterocycles. The van der Waals surface area contributed by atoms with Crippen molar-refractivity contribution in [3.63, 3.8) is 0 Å². The van der Waals surface area contributed by atoms with Gasteiger partial charge < -0.3 is 10.2 Å². The molecule has 3 aliphatic rings. The summed E-state index contributed by atoms with van der Waals surface area (Å²) in [4.78, 5) is 19.0. The number of H-pyrrole nitrogens is 1. The summed E-state index contributed by atoms with van der Waals surface area (Å²) in [5.74, 6) is 1.55. The normalized spacial score (nSPS) is 17.3. The molecule has 1 amide bonds. The Kier molecular flexibility index (Phi) is 4.38. The number of nitrogens with one attached hydrogen (secondary N) is 2. The fraction of sp³-hybridized carbons (Fsp3) is 0.217. The summed E-state index contributed by atoms with van der Waals surface area (Å²) in [5, 5.41) is 19.5. The number of amides is 1. The number of carbonyl (C=O) groups excluding carboxylic acids is 1. The number of anilines is 3. The van der Waals surface area contributed by atoms with Gasteiger partial charge in [-0.1, -0.05) is 17.7 Å². The molecule has 0 saturated heterocycles. The first-order valence-electron chi connectivity index (χ1n) is 10.7. The van der Waals surface area contributed by atoms with Gasteiger partial charge in [0.05, 0.1) is 11.7 Å². The van der Waals surface area contributed by atoms with Crippen LogP contribution in [0.2, 0.25) is 0 Å². The highest BCUT2D eigenvalue weighted by Gasteiger charge is 2.34. The van der Waals surface area contributed by atoms with Crippen LogP contribution in [0.5, 0.6) is 0 Å². The molecule has 2 N–H and O–H groups in total. The molecule has 1 aliphatic carbocycles. The molecule has 0 radical (unpaired) electrons. The maximum atomic E-state index is 12.2. The molecule has 1 aromatic carbocycles. The highest BCUT2D eigenvalue weighted by atomic mass is 16.2. The van der Waals surface area contributed by atoms with Crippen LogP contribution in [0.1, 0.15) is 19.3 Å². The molecule has 4 heterocycles. The molecule has 9 nitrogen and oxygen atoms in total. The number of hydrogen-bond donors (Lipinski definition) is 2. The second-order valence-electron chi connectivity index (χ2n) is 8.03. The molecule has 0 unspecified atom stereocenters. The lowest BCUT2D eigenvalue weighted by molar-refractivity contribution is -0.110. The van der Waals surface area contributed by atoms with E-state index in [1.165, 1.54) is 16.2 Å². The average Bonchev–Trinajstić information content (AvgIpc) is 3.47. The van der Waals surface area contributed by atoms with Gasteiger partial charge in [0.1, 0.15) is 12.4 Å². The first-order valence-corrected chi connectivity index (χ1v) is 10.7. The number of benzene rings is 1. The monoisotopic (exact) mass is 426 g/mol. The second-order valence-corrected chi connectivity index (χ2v) is 8.03. The zero-order valence-corrected chi connectivity index (χ0v) is 17.4. The third-order valence-electron chi connectivity index (χ3n) is 6.13. The van der Waals surface area contributed by atoms with Crippen molar-refractivity contribution in [2.24, 2.45) is 5.10 Å². The fourth-order valence-electron chi connectivity index (χ4n) is 4.50. The number of carbonyl (C=O) groups is 1. The molecule has 0 atom stereocenters. The Hall–Kier alpha value is -4.14. The van der Waals surface area contributed by atoms with Gasteiger partial charge >= 0.3 is 0 Å². The van der Waals surface area contributed by atoms with Crippen molar-refractivity contribution in [1.82, 2.24) is 25.2 Å². The highest BCUT2D eigenvalue weighted by Crippen LogP contribution is 2.34. The second kappa shape index (κ2) is 7.52. The van der Waals surface area contributed by atoms with E-state index in [9.17, 15) is 4.79 Å². The highest BCUT2D eigenvalue weighted by molar-refractivity contribution is 6.01. The molecular formula is C23H22N8O. The molecule has 9 heteroatoms. The topological polar surface area (TPSA) is 92.7 Å². The van der Waals surface area contributed by atoms with E-state index in [0.29, 0.717) is 18.2 Å². The van der Waals surface area contributed by atoms with Gasteiger partial charge in [0.2, 0.25) is 6.41 Å². The largest absolute Gasteiger partial charge is 0.338 e. The van der Waals surface area contributed by atoms with Crippen molar-refractivity contribution in [3.8, 4) is 0 Å². The first kappa shape index (κ1) is 18.6. The lowest BCUT2D eigenvalue weighted by atomic mass is 9.90. The van der Waals surface area contributed by atoms with Gasteiger partial charge in [-0.25, -0.2) is 9.99 Å². The van der Waals surface area contributed by atoms with Crippen molar-refractivity contribution in [2.45, 2.75) is 19.3 Å². The van der Waals surface area contributed by atoms with Crippen LogP contribution in [0, 0.1) is 0 Å². The van der Waals surface area contributed by atoms with Crippen LogP contribution in [-0.2, 0) is 4.79 Å². The molecule has 160 valence electrons. The Balaban J connectivity index is 1.31. The van der Waals surface area contributed by atoms with Gasteiger partial charge in [-0.05, 0) is 55.2 Å². The van der Waals surface area contributed by atoms with Crippen LogP contribution in [0.3, 0.4) is 0 Å².